The molecule has 0 aliphatic heterocycles. The molecule has 0 atom stereocenters. The van der Waals surface area contributed by atoms with Crippen LogP contribution in [0.5, 0.6) is 0 Å². The molecule has 1 amide bonds. The normalized spacial score (nSPS) is 11.0. The zero-order valence-electron chi connectivity index (χ0n) is 17.7. The molecule has 0 aliphatic rings. The minimum Gasteiger partial charge on any atom is -0.452 e. The van der Waals surface area contributed by atoms with Crippen molar-refractivity contribution in [3.05, 3.63) is 88.7 Å². The number of hydrogen-bond acceptors (Lipinski definition) is 5. The van der Waals surface area contributed by atoms with E-state index in [1.807, 2.05) is 0 Å². The van der Waals surface area contributed by atoms with Gasteiger partial charge in [-0.3, -0.25) is 9.10 Å². The maximum absolute atomic E-state index is 13.4. The Hall–Kier alpha value is -3.43. The molecule has 10 heteroatoms. The Bertz CT molecular complexity index is 1300. The van der Waals surface area contributed by atoms with E-state index >= 15 is 0 Å². The Morgan fingerprint density at radius 2 is 1.76 bits per heavy atom. The summed E-state index contributed by atoms with van der Waals surface area (Å²) in [5.41, 5.74) is 1.08. The maximum Gasteiger partial charge on any atom is 0.340 e. The Balaban J connectivity index is 1.74. The molecule has 0 saturated carbocycles. The fraction of sp³-hybridized carbons (Fsp3) is 0.130. The molecule has 0 bridgehead atoms. The molecule has 0 radical (unpaired) electrons. The number of carbonyl (C=O) groups is 2. The van der Waals surface area contributed by atoms with Crippen LogP contribution in [-0.2, 0) is 19.6 Å². The second-order valence-electron chi connectivity index (χ2n) is 7.03. The van der Waals surface area contributed by atoms with Gasteiger partial charge >= 0.3 is 5.97 Å². The molecule has 172 valence electrons. The summed E-state index contributed by atoms with van der Waals surface area (Å²) < 4.78 is 45.4. The van der Waals surface area contributed by atoms with Crippen LogP contribution in [-0.4, -0.2) is 33.9 Å². The van der Waals surface area contributed by atoms with Crippen LogP contribution in [0.2, 0.25) is 5.02 Å². The van der Waals surface area contributed by atoms with Crippen molar-refractivity contribution in [1.82, 2.24) is 0 Å². The molecule has 3 aromatic carbocycles. The molecule has 1 N–H and O–H groups in total. The third-order valence-electron chi connectivity index (χ3n) is 4.74. The van der Waals surface area contributed by atoms with Gasteiger partial charge in [0.15, 0.2) is 6.61 Å². The number of sulfonamides is 1. The van der Waals surface area contributed by atoms with Gasteiger partial charge < -0.3 is 10.1 Å². The van der Waals surface area contributed by atoms with Crippen molar-refractivity contribution in [2.75, 3.05) is 23.3 Å². The number of esters is 1. The largest absolute Gasteiger partial charge is 0.452 e. The summed E-state index contributed by atoms with van der Waals surface area (Å²) in [5.74, 6) is -2.20. The van der Waals surface area contributed by atoms with Crippen molar-refractivity contribution < 1.29 is 27.1 Å². The number of nitrogens with one attached hydrogen (secondary N) is 1. The SMILES string of the molecule is Cc1ccc(F)cc1NC(=O)COC(=O)c1cc(S(=O)(=O)N(C)c2ccccc2)ccc1Cl. The van der Waals surface area contributed by atoms with Crippen molar-refractivity contribution in [3.63, 3.8) is 0 Å². The lowest BCUT2D eigenvalue weighted by Crippen LogP contribution is -2.27. The van der Waals surface area contributed by atoms with E-state index in [4.69, 9.17) is 16.3 Å². The highest BCUT2D eigenvalue weighted by Gasteiger charge is 2.24. The summed E-state index contributed by atoms with van der Waals surface area (Å²) in [6.45, 7) is 1.01. The van der Waals surface area contributed by atoms with Crippen molar-refractivity contribution in [1.29, 1.82) is 0 Å². The van der Waals surface area contributed by atoms with Gasteiger partial charge in [0.25, 0.3) is 15.9 Å². The molecule has 0 unspecified atom stereocenters. The first kappa shape index (κ1) is 24.2. The highest BCUT2D eigenvalue weighted by molar-refractivity contribution is 7.92. The van der Waals surface area contributed by atoms with Gasteiger partial charge in [0.1, 0.15) is 5.82 Å². The summed E-state index contributed by atoms with van der Waals surface area (Å²) >= 11 is 6.07. The first-order valence-electron chi connectivity index (χ1n) is 9.66. The number of nitrogens with zero attached hydrogens (tertiary/aromatic N) is 1. The third-order valence-corrected chi connectivity index (χ3v) is 6.86. The van der Waals surface area contributed by atoms with Gasteiger partial charge in [-0.2, -0.15) is 0 Å². The van der Waals surface area contributed by atoms with Crippen molar-refractivity contribution in [3.8, 4) is 0 Å². The molecule has 0 spiro atoms. The summed E-state index contributed by atoms with van der Waals surface area (Å²) in [4.78, 5) is 24.5. The van der Waals surface area contributed by atoms with Gasteiger partial charge in [0.2, 0.25) is 0 Å². The highest BCUT2D eigenvalue weighted by Crippen LogP contribution is 2.26. The fourth-order valence-electron chi connectivity index (χ4n) is 2.88. The number of ether oxygens (including phenoxy) is 1. The number of hydrogen-bond donors (Lipinski definition) is 1. The number of amides is 1. The first-order chi connectivity index (χ1) is 15.6. The Kier molecular flexibility index (Phi) is 7.35. The maximum atomic E-state index is 13.4. The van der Waals surface area contributed by atoms with Crippen molar-refractivity contribution in [2.45, 2.75) is 11.8 Å². The summed E-state index contributed by atoms with van der Waals surface area (Å²) in [5, 5.41) is 2.41. The Morgan fingerprint density at radius 3 is 2.45 bits per heavy atom. The van der Waals surface area contributed by atoms with Crippen LogP contribution >= 0.6 is 11.6 Å². The van der Waals surface area contributed by atoms with Crippen LogP contribution in [0.3, 0.4) is 0 Å². The molecular weight excluding hydrogens is 471 g/mol. The molecule has 0 aromatic heterocycles. The smallest absolute Gasteiger partial charge is 0.340 e. The molecular formula is C23H20ClFN2O5S. The van der Waals surface area contributed by atoms with E-state index in [1.165, 1.54) is 31.3 Å². The van der Waals surface area contributed by atoms with Crippen molar-refractivity contribution in [2.24, 2.45) is 0 Å². The molecule has 0 fully saturated rings. The molecule has 0 saturated heterocycles. The third kappa shape index (κ3) is 5.68. The van der Waals surface area contributed by atoms with Crippen LogP contribution in [0.25, 0.3) is 0 Å². The minimum absolute atomic E-state index is 0.0392. The zero-order valence-corrected chi connectivity index (χ0v) is 19.3. The van der Waals surface area contributed by atoms with E-state index < -0.39 is 34.3 Å². The van der Waals surface area contributed by atoms with Crippen LogP contribution in [0.15, 0.2) is 71.6 Å². The van der Waals surface area contributed by atoms with Gasteiger partial charge in [-0.1, -0.05) is 35.9 Å². The van der Waals surface area contributed by atoms with Gasteiger partial charge in [-0.05, 0) is 55.0 Å². The highest BCUT2D eigenvalue weighted by atomic mass is 35.5. The minimum atomic E-state index is -3.99. The van der Waals surface area contributed by atoms with Crippen molar-refractivity contribution >= 4 is 44.9 Å². The van der Waals surface area contributed by atoms with Crippen LogP contribution in [0, 0.1) is 12.7 Å². The topological polar surface area (TPSA) is 92.8 Å². The Morgan fingerprint density at radius 1 is 1.06 bits per heavy atom. The number of para-hydroxylation sites is 1. The second-order valence-corrected chi connectivity index (χ2v) is 9.41. The zero-order chi connectivity index (χ0) is 24.2. The second kappa shape index (κ2) is 10.0. The van der Waals surface area contributed by atoms with E-state index in [1.54, 1.807) is 37.3 Å². The van der Waals surface area contributed by atoms with Crippen LogP contribution < -0.4 is 9.62 Å². The van der Waals surface area contributed by atoms with E-state index in [0.717, 1.165) is 16.4 Å². The van der Waals surface area contributed by atoms with E-state index in [9.17, 15) is 22.4 Å². The fourth-order valence-corrected chi connectivity index (χ4v) is 4.30. The summed E-state index contributed by atoms with van der Waals surface area (Å²) in [6, 6.07) is 15.9. The predicted molar refractivity (Wildman–Crippen MR) is 124 cm³/mol. The number of aryl methyl sites for hydroxylation is 1. The summed E-state index contributed by atoms with van der Waals surface area (Å²) in [6.07, 6.45) is 0. The molecule has 7 nitrogen and oxygen atoms in total. The Labute approximate surface area is 195 Å². The average molecular weight is 491 g/mol. The van der Waals surface area contributed by atoms with E-state index in [0.29, 0.717) is 11.3 Å². The standard InChI is InChI=1S/C23H20ClFN2O5S/c1-15-8-9-16(25)12-21(15)26-22(28)14-32-23(29)19-13-18(10-11-20(19)24)33(30,31)27(2)17-6-4-3-5-7-17/h3-13H,14H2,1-2H3,(H,26,28). The number of benzene rings is 3. The van der Waals surface area contributed by atoms with Gasteiger partial charge in [-0.15, -0.1) is 0 Å². The van der Waals surface area contributed by atoms with Gasteiger partial charge in [-0.25, -0.2) is 17.6 Å². The molecule has 3 rings (SSSR count). The lowest BCUT2D eigenvalue weighted by Gasteiger charge is -2.20. The monoisotopic (exact) mass is 490 g/mol. The molecule has 0 heterocycles. The van der Waals surface area contributed by atoms with Crippen LogP contribution in [0.1, 0.15) is 15.9 Å². The van der Waals surface area contributed by atoms with Gasteiger partial charge in [0.05, 0.1) is 21.2 Å². The average Bonchev–Trinajstić information content (AvgIpc) is 2.80. The number of carbonyl (C=O) groups excluding carboxylic acids is 2. The number of rotatable bonds is 7. The molecule has 33 heavy (non-hydrogen) atoms. The summed E-state index contributed by atoms with van der Waals surface area (Å²) in [7, 11) is -2.61. The predicted octanol–water partition coefficient (Wildman–Crippen LogP) is 4.41. The lowest BCUT2D eigenvalue weighted by atomic mass is 10.2. The van der Waals surface area contributed by atoms with Crippen LogP contribution in [0.4, 0.5) is 15.8 Å². The first-order valence-corrected chi connectivity index (χ1v) is 11.5. The molecule has 0 aliphatic carbocycles. The van der Waals surface area contributed by atoms with Gasteiger partial charge in [0, 0.05) is 12.7 Å². The van der Waals surface area contributed by atoms with E-state index in [-0.39, 0.29) is 21.2 Å². The quantitative estimate of drug-likeness (QED) is 0.495. The molecule has 3 aromatic rings. The number of anilines is 2. The van der Waals surface area contributed by atoms with E-state index in [2.05, 4.69) is 5.32 Å². The number of halogens is 2. The lowest BCUT2D eigenvalue weighted by molar-refractivity contribution is -0.119.